The Hall–Kier alpha value is -0.620. The quantitative estimate of drug-likeness (QED) is 0.926. The molecule has 1 saturated heterocycles. The number of carbonyl (C=O) groups is 1. The molecule has 0 saturated carbocycles. The van der Waals surface area contributed by atoms with Crippen LogP contribution in [0.5, 0.6) is 0 Å². The molecule has 6 heteroatoms. The van der Waals surface area contributed by atoms with Gasteiger partial charge in [-0.15, -0.1) is 23.7 Å². The summed E-state index contributed by atoms with van der Waals surface area (Å²) in [5, 5.41) is 0. The van der Waals surface area contributed by atoms with E-state index in [0.29, 0.717) is 6.54 Å². The van der Waals surface area contributed by atoms with Gasteiger partial charge in [-0.1, -0.05) is 0 Å². The molecule has 4 nitrogen and oxygen atoms in total. The molecule has 1 aromatic heterocycles. The van der Waals surface area contributed by atoms with Crippen molar-refractivity contribution >= 4 is 29.7 Å². The number of thiophene rings is 1. The third-order valence-electron chi connectivity index (χ3n) is 3.62. The van der Waals surface area contributed by atoms with E-state index < -0.39 is 6.04 Å². The van der Waals surface area contributed by atoms with Gasteiger partial charge in [0, 0.05) is 30.0 Å². The Balaban J connectivity index is 0.00000200. The molecule has 1 atom stereocenters. The molecule has 0 bridgehead atoms. The minimum Gasteiger partial charge on any atom is -0.381 e. The zero-order valence-corrected chi connectivity index (χ0v) is 13.6. The van der Waals surface area contributed by atoms with Crippen LogP contribution in [0.3, 0.4) is 0 Å². The number of amides is 1. The van der Waals surface area contributed by atoms with Crippen LogP contribution in [0.4, 0.5) is 0 Å². The average Bonchev–Trinajstić information content (AvgIpc) is 2.83. The number of halogens is 1. The Morgan fingerprint density at radius 3 is 2.70 bits per heavy atom. The summed E-state index contributed by atoms with van der Waals surface area (Å²) in [5.74, 6) is 0.298. The molecule has 1 aliphatic heterocycles. The van der Waals surface area contributed by atoms with Crippen LogP contribution in [-0.2, 0) is 16.1 Å². The van der Waals surface area contributed by atoms with Gasteiger partial charge in [0.1, 0.15) is 0 Å². The number of nitrogens with two attached hydrogens (primary N) is 1. The molecule has 2 rings (SSSR count). The molecule has 1 aliphatic rings. The van der Waals surface area contributed by atoms with Crippen LogP contribution in [0.15, 0.2) is 12.1 Å². The molecule has 1 aromatic rings. The van der Waals surface area contributed by atoms with E-state index >= 15 is 0 Å². The molecule has 2 N–H and O–H groups in total. The van der Waals surface area contributed by atoms with Gasteiger partial charge in [0.15, 0.2) is 0 Å². The molecule has 1 fully saturated rings. The minimum atomic E-state index is -0.394. The number of carbonyl (C=O) groups excluding carboxylic acids is 1. The summed E-state index contributed by atoms with van der Waals surface area (Å²) >= 11 is 1.73. The zero-order valence-electron chi connectivity index (χ0n) is 12.0. The van der Waals surface area contributed by atoms with Gasteiger partial charge in [0.05, 0.1) is 12.6 Å². The highest BCUT2D eigenvalue weighted by Crippen LogP contribution is 2.20. The van der Waals surface area contributed by atoms with Crippen LogP contribution in [0.25, 0.3) is 0 Å². The van der Waals surface area contributed by atoms with E-state index in [0.717, 1.165) is 26.1 Å². The van der Waals surface area contributed by atoms with Gasteiger partial charge in [0.25, 0.3) is 0 Å². The second kappa shape index (κ2) is 7.98. The highest BCUT2D eigenvalue weighted by molar-refractivity contribution is 7.11. The highest BCUT2D eigenvalue weighted by atomic mass is 35.5. The predicted octanol–water partition coefficient (Wildman–Crippen LogP) is 2.19. The Labute approximate surface area is 130 Å². The zero-order chi connectivity index (χ0) is 13.8. The SMILES string of the molecule is Cc1ccc(CN(C)C(=O)C(N)C2CCOCC2)s1.Cl. The maximum atomic E-state index is 12.3. The van der Waals surface area contributed by atoms with Crippen LogP contribution in [0.1, 0.15) is 22.6 Å². The van der Waals surface area contributed by atoms with Crippen molar-refractivity contribution in [3.8, 4) is 0 Å². The second-order valence-corrected chi connectivity index (χ2v) is 6.55. The van der Waals surface area contributed by atoms with Crippen molar-refractivity contribution in [3.05, 3.63) is 21.9 Å². The fourth-order valence-electron chi connectivity index (χ4n) is 2.41. The largest absolute Gasteiger partial charge is 0.381 e. The lowest BCUT2D eigenvalue weighted by Crippen LogP contribution is -2.47. The first-order valence-corrected chi connectivity index (χ1v) is 7.53. The van der Waals surface area contributed by atoms with Gasteiger partial charge in [-0.2, -0.15) is 0 Å². The van der Waals surface area contributed by atoms with Gasteiger partial charge in [-0.05, 0) is 37.8 Å². The Morgan fingerprint density at radius 2 is 2.15 bits per heavy atom. The third kappa shape index (κ3) is 4.45. The molecule has 0 spiro atoms. The molecule has 0 aliphatic carbocycles. The average molecular weight is 319 g/mol. The van der Waals surface area contributed by atoms with Crippen molar-refractivity contribution in [2.75, 3.05) is 20.3 Å². The summed E-state index contributed by atoms with van der Waals surface area (Å²) in [7, 11) is 1.83. The van der Waals surface area contributed by atoms with Crippen LogP contribution < -0.4 is 5.73 Å². The number of aryl methyl sites for hydroxylation is 1. The fraction of sp³-hybridized carbons (Fsp3) is 0.643. The Kier molecular flexibility index (Phi) is 6.95. The van der Waals surface area contributed by atoms with Crippen molar-refractivity contribution < 1.29 is 9.53 Å². The first-order valence-electron chi connectivity index (χ1n) is 6.71. The molecular formula is C14H23ClN2O2S. The van der Waals surface area contributed by atoms with Crippen LogP contribution >= 0.6 is 23.7 Å². The van der Waals surface area contributed by atoms with Gasteiger partial charge < -0.3 is 15.4 Å². The van der Waals surface area contributed by atoms with Gasteiger partial charge >= 0.3 is 0 Å². The maximum absolute atomic E-state index is 12.3. The minimum absolute atomic E-state index is 0. The van der Waals surface area contributed by atoms with Gasteiger partial charge in [0.2, 0.25) is 5.91 Å². The van der Waals surface area contributed by atoms with Gasteiger partial charge in [-0.3, -0.25) is 4.79 Å². The van der Waals surface area contributed by atoms with Crippen LogP contribution in [0, 0.1) is 12.8 Å². The van der Waals surface area contributed by atoms with E-state index in [9.17, 15) is 4.79 Å². The highest BCUT2D eigenvalue weighted by Gasteiger charge is 2.28. The molecule has 1 amide bonds. The van der Waals surface area contributed by atoms with Crippen molar-refractivity contribution in [2.24, 2.45) is 11.7 Å². The number of rotatable bonds is 4. The molecular weight excluding hydrogens is 296 g/mol. The predicted molar refractivity (Wildman–Crippen MR) is 84.3 cm³/mol. The van der Waals surface area contributed by atoms with Crippen LogP contribution in [-0.4, -0.2) is 37.1 Å². The fourth-order valence-corrected chi connectivity index (χ4v) is 3.36. The molecule has 20 heavy (non-hydrogen) atoms. The summed E-state index contributed by atoms with van der Waals surface area (Å²) in [4.78, 5) is 16.5. The van der Waals surface area contributed by atoms with E-state index in [1.165, 1.54) is 9.75 Å². The normalized spacial score (nSPS) is 17.4. The summed E-state index contributed by atoms with van der Waals surface area (Å²) in [6, 6.07) is 3.76. The van der Waals surface area contributed by atoms with Crippen LogP contribution in [0.2, 0.25) is 0 Å². The molecule has 1 unspecified atom stereocenters. The number of hydrogen-bond donors (Lipinski definition) is 1. The molecule has 2 heterocycles. The Bertz CT molecular complexity index is 433. The first kappa shape index (κ1) is 17.4. The van der Waals surface area contributed by atoms with Crippen molar-refractivity contribution in [1.82, 2.24) is 4.90 Å². The molecule has 114 valence electrons. The third-order valence-corrected chi connectivity index (χ3v) is 4.61. The monoisotopic (exact) mass is 318 g/mol. The maximum Gasteiger partial charge on any atom is 0.239 e. The number of likely N-dealkylation sites (N-methyl/N-ethyl adjacent to an activating group) is 1. The summed E-state index contributed by atoms with van der Waals surface area (Å²) in [6.07, 6.45) is 1.78. The first-order chi connectivity index (χ1) is 9.08. The topological polar surface area (TPSA) is 55.6 Å². The lowest BCUT2D eigenvalue weighted by atomic mass is 9.91. The number of nitrogens with zero attached hydrogens (tertiary/aromatic N) is 1. The van der Waals surface area contributed by atoms with Crippen molar-refractivity contribution in [2.45, 2.75) is 32.4 Å². The summed E-state index contributed by atoms with van der Waals surface area (Å²) in [6.45, 7) is 4.16. The van der Waals surface area contributed by atoms with E-state index in [4.69, 9.17) is 10.5 Å². The van der Waals surface area contributed by atoms with Crippen molar-refractivity contribution in [3.63, 3.8) is 0 Å². The van der Waals surface area contributed by atoms with E-state index in [-0.39, 0.29) is 24.2 Å². The number of ether oxygens (including phenoxy) is 1. The second-order valence-electron chi connectivity index (χ2n) is 5.18. The lowest BCUT2D eigenvalue weighted by molar-refractivity contribution is -0.133. The molecule has 0 aromatic carbocycles. The van der Waals surface area contributed by atoms with E-state index in [2.05, 4.69) is 19.1 Å². The van der Waals surface area contributed by atoms with Crippen molar-refractivity contribution in [1.29, 1.82) is 0 Å². The summed E-state index contributed by atoms with van der Waals surface area (Å²) in [5.41, 5.74) is 6.11. The van der Waals surface area contributed by atoms with Gasteiger partial charge in [-0.25, -0.2) is 0 Å². The standard InChI is InChI=1S/C14H22N2O2S.ClH/c1-10-3-4-12(19-10)9-16(2)14(17)13(15)11-5-7-18-8-6-11;/h3-4,11,13H,5-9,15H2,1-2H3;1H. The van der Waals surface area contributed by atoms with E-state index in [1.54, 1.807) is 16.2 Å². The van der Waals surface area contributed by atoms with E-state index in [1.807, 2.05) is 7.05 Å². The lowest BCUT2D eigenvalue weighted by Gasteiger charge is -2.29. The smallest absolute Gasteiger partial charge is 0.239 e. The number of hydrogen-bond acceptors (Lipinski definition) is 4. The molecule has 0 radical (unpaired) electrons. The summed E-state index contributed by atoms with van der Waals surface area (Å²) < 4.78 is 5.31. The Morgan fingerprint density at radius 1 is 1.50 bits per heavy atom.